The molecule has 0 spiro atoms. The van der Waals surface area contributed by atoms with Crippen LogP contribution in [0.2, 0.25) is 0 Å². The van der Waals surface area contributed by atoms with Gasteiger partial charge in [0.25, 0.3) is 0 Å². The van der Waals surface area contributed by atoms with Crippen molar-refractivity contribution < 1.29 is 9.53 Å². The van der Waals surface area contributed by atoms with Crippen molar-refractivity contribution in [1.82, 2.24) is 0 Å². The predicted molar refractivity (Wildman–Crippen MR) is 141 cm³/mol. The first kappa shape index (κ1) is 27.2. The van der Waals surface area contributed by atoms with Crippen molar-refractivity contribution in [2.24, 2.45) is 0 Å². The van der Waals surface area contributed by atoms with Crippen LogP contribution in [0, 0.1) is 0 Å². The molecule has 0 fully saturated rings. The molecule has 1 aromatic carbocycles. The summed E-state index contributed by atoms with van der Waals surface area (Å²) >= 11 is 0. The number of rotatable bonds is 18. The maximum absolute atomic E-state index is 11.6. The van der Waals surface area contributed by atoms with Gasteiger partial charge in [0, 0.05) is 0 Å². The molecule has 1 aliphatic carbocycles. The van der Waals surface area contributed by atoms with Gasteiger partial charge >= 0.3 is 0 Å². The molecule has 0 radical (unpaired) electrons. The van der Waals surface area contributed by atoms with Crippen LogP contribution in [0.5, 0.6) is 0 Å². The van der Waals surface area contributed by atoms with E-state index in [2.05, 4.69) is 31.1 Å². The van der Waals surface area contributed by atoms with Crippen LogP contribution in [-0.4, -0.2) is 12.5 Å². The van der Waals surface area contributed by atoms with Gasteiger partial charge in [0.1, 0.15) is 11.7 Å². The zero-order valence-corrected chi connectivity index (χ0v) is 21.2. The van der Waals surface area contributed by atoms with Crippen molar-refractivity contribution in [3.8, 4) is 0 Å². The Morgan fingerprint density at radius 1 is 0.727 bits per heavy atom. The molecule has 0 saturated carbocycles. The van der Waals surface area contributed by atoms with E-state index in [1.54, 1.807) is 0 Å². The highest BCUT2D eigenvalue weighted by Crippen LogP contribution is 2.39. The van der Waals surface area contributed by atoms with Crippen molar-refractivity contribution in [2.75, 3.05) is 6.61 Å². The maximum atomic E-state index is 11.6. The van der Waals surface area contributed by atoms with Crippen LogP contribution < -0.4 is 0 Å². The number of allylic oxidation sites excluding steroid dienone is 4. The van der Waals surface area contributed by atoms with Gasteiger partial charge in [-0.15, -0.1) is 0 Å². The molecule has 0 aromatic heterocycles. The van der Waals surface area contributed by atoms with Crippen LogP contribution in [0.25, 0.3) is 0 Å². The van der Waals surface area contributed by atoms with Gasteiger partial charge in [-0.25, -0.2) is 4.79 Å². The van der Waals surface area contributed by atoms with Gasteiger partial charge < -0.3 is 4.74 Å². The highest BCUT2D eigenvalue weighted by Gasteiger charge is 2.27. The number of unbranched alkanes of at least 4 members (excludes halogenated alkanes) is 13. The summed E-state index contributed by atoms with van der Waals surface area (Å²) in [5, 5.41) is 0. The molecule has 33 heavy (non-hydrogen) atoms. The van der Waals surface area contributed by atoms with Gasteiger partial charge in [0.15, 0.2) is 0 Å². The molecule has 182 valence electrons. The lowest BCUT2D eigenvalue weighted by molar-refractivity contribution is 0.210. The Bertz CT molecular complexity index is 752. The Morgan fingerprint density at radius 2 is 1.27 bits per heavy atom. The number of hydrogen-bond donors (Lipinski definition) is 0. The van der Waals surface area contributed by atoms with Crippen molar-refractivity contribution in [1.29, 1.82) is 0 Å². The fourth-order valence-electron chi connectivity index (χ4n) is 4.81. The zero-order valence-electron chi connectivity index (χ0n) is 21.2. The van der Waals surface area contributed by atoms with Crippen LogP contribution >= 0.6 is 0 Å². The van der Waals surface area contributed by atoms with E-state index in [4.69, 9.17) is 4.74 Å². The minimum Gasteiger partial charge on any atom is -0.497 e. The maximum Gasteiger partial charge on any atom is 0.129 e. The van der Waals surface area contributed by atoms with Crippen molar-refractivity contribution in [3.63, 3.8) is 0 Å². The van der Waals surface area contributed by atoms with Crippen LogP contribution in [0.3, 0.4) is 0 Å². The second-order valence-electron chi connectivity index (χ2n) is 9.40. The molecular formula is C31H46O2. The average molecular weight is 451 g/mol. The second kappa shape index (κ2) is 17.4. The highest BCUT2D eigenvalue weighted by atomic mass is 16.5. The lowest BCUT2D eigenvalue weighted by Crippen LogP contribution is -2.14. The summed E-state index contributed by atoms with van der Waals surface area (Å²) in [6.45, 7) is 4.91. The van der Waals surface area contributed by atoms with Gasteiger partial charge in [-0.3, -0.25) is 0 Å². The Morgan fingerprint density at radius 3 is 1.79 bits per heavy atom. The second-order valence-corrected chi connectivity index (χ2v) is 9.40. The van der Waals surface area contributed by atoms with Gasteiger partial charge in [-0.2, -0.15) is 0 Å². The number of benzene rings is 1. The van der Waals surface area contributed by atoms with E-state index in [9.17, 15) is 4.79 Å². The largest absolute Gasteiger partial charge is 0.497 e. The average Bonchev–Trinajstić information content (AvgIpc) is 2.85. The molecular weight excluding hydrogens is 404 g/mol. The molecule has 0 aliphatic heterocycles. The standard InChI is InChI=1S/C31H46O2/c1-3-5-6-7-8-9-10-11-12-13-14-15-16-18-23-28-24-25-29(26-32)30(31(28)33-4-2)27-21-19-17-20-22-27/h17,19-22,24-25,30H,3-16,18,23H2,1-2H3. The summed E-state index contributed by atoms with van der Waals surface area (Å²) in [5.41, 5.74) is 3.00. The van der Waals surface area contributed by atoms with E-state index in [1.807, 2.05) is 31.2 Å². The highest BCUT2D eigenvalue weighted by molar-refractivity contribution is 5.66. The molecule has 0 amide bonds. The summed E-state index contributed by atoms with van der Waals surface area (Å²) in [6.07, 6.45) is 24.2. The third-order valence-electron chi connectivity index (χ3n) is 6.70. The first-order valence-corrected chi connectivity index (χ1v) is 13.7. The van der Waals surface area contributed by atoms with Crippen LogP contribution in [0.4, 0.5) is 0 Å². The van der Waals surface area contributed by atoms with Crippen molar-refractivity contribution >= 4 is 5.94 Å². The third kappa shape index (κ3) is 10.2. The van der Waals surface area contributed by atoms with Gasteiger partial charge in [-0.05, 0) is 37.0 Å². The first-order valence-electron chi connectivity index (χ1n) is 13.7. The Labute approximate surface area is 203 Å². The molecule has 2 nitrogen and oxygen atoms in total. The topological polar surface area (TPSA) is 26.3 Å². The summed E-state index contributed by atoms with van der Waals surface area (Å²) in [7, 11) is 0. The summed E-state index contributed by atoms with van der Waals surface area (Å²) in [6, 6.07) is 10.2. The molecule has 0 N–H and O–H groups in total. The van der Waals surface area contributed by atoms with Crippen LogP contribution in [-0.2, 0) is 9.53 Å². The van der Waals surface area contributed by atoms with Crippen molar-refractivity contribution in [3.05, 3.63) is 65.0 Å². The van der Waals surface area contributed by atoms with E-state index in [0.717, 1.165) is 17.7 Å². The van der Waals surface area contributed by atoms with Gasteiger partial charge in [-0.1, -0.05) is 127 Å². The summed E-state index contributed by atoms with van der Waals surface area (Å²) < 4.78 is 6.09. The normalized spacial score (nSPS) is 15.7. The van der Waals surface area contributed by atoms with Crippen molar-refractivity contribution in [2.45, 2.75) is 116 Å². The monoisotopic (exact) mass is 450 g/mol. The minimum absolute atomic E-state index is 0.129. The van der Waals surface area contributed by atoms with Crippen LogP contribution in [0.1, 0.15) is 122 Å². The number of carbonyl (C=O) groups excluding carboxylic acids is 1. The lowest BCUT2D eigenvalue weighted by atomic mass is 9.83. The van der Waals surface area contributed by atoms with E-state index >= 15 is 0 Å². The summed E-state index contributed by atoms with van der Waals surface area (Å²) in [5.74, 6) is 2.96. The molecule has 1 atom stereocenters. The van der Waals surface area contributed by atoms with E-state index < -0.39 is 0 Å². The number of hydrogen-bond acceptors (Lipinski definition) is 2. The molecule has 0 heterocycles. The molecule has 1 aliphatic rings. The molecule has 1 unspecified atom stereocenters. The quantitative estimate of drug-likeness (QED) is 0.164. The first-order chi connectivity index (χ1) is 16.3. The Kier molecular flexibility index (Phi) is 14.4. The SMILES string of the molecule is CCCCCCCCCCCCCCCCC1=C(OCC)C(c2ccccc2)C(=C=O)C=C1. The van der Waals surface area contributed by atoms with E-state index in [-0.39, 0.29) is 5.92 Å². The fraction of sp³-hybridized carbons (Fsp3) is 0.613. The molecule has 1 aromatic rings. The predicted octanol–water partition coefficient (Wildman–Crippen LogP) is 9.26. The van der Waals surface area contributed by atoms with E-state index in [0.29, 0.717) is 12.2 Å². The lowest BCUT2D eigenvalue weighted by Gasteiger charge is -2.26. The fourth-order valence-corrected chi connectivity index (χ4v) is 4.81. The zero-order chi connectivity index (χ0) is 23.6. The summed E-state index contributed by atoms with van der Waals surface area (Å²) in [4.78, 5) is 11.6. The molecule has 2 heteroatoms. The van der Waals surface area contributed by atoms with Crippen LogP contribution in [0.15, 0.2) is 59.4 Å². The third-order valence-corrected chi connectivity index (χ3v) is 6.70. The molecule has 0 saturated heterocycles. The van der Waals surface area contributed by atoms with Gasteiger partial charge in [0.05, 0.1) is 18.1 Å². The molecule has 2 rings (SSSR count). The Hall–Kier alpha value is -2.05. The molecule has 0 bridgehead atoms. The number of ether oxygens (including phenoxy) is 1. The minimum atomic E-state index is -0.129. The smallest absolute Gasteiger partial charge is 0.129 e. The van der Waals surface area contributed by atoms with E-state index in [1.165, 1.54) is 95.5 Å². The van der Waals surface area contributed by atoms with Gasteiger partial charge in [0.2, 0.25) is 0 Å². The Balaban J connectivity index is 1.69.